The molecule has 1 aromatic carbocycles. The standard InChI is InChI=1S/C14H13F3N4O3S/c1-6(18)11(22)19-7(2)12(23)21-13-20-9-4-3-8(5-10(9)25-13)24-14(15,16)17/h3-6H,2,18H2,1H3,(H,19,22)(H,20,21,23)/t6-/m0/s1. The number of hydrogen-bond acceptors (Lipinski definition) is 6. The van der Waals surface area contributed by atoms with Gasteiger partial charge in [0.2, 0.25) is 5.91 Å². The Morgan fingerprint density at radius 3 is 2.68 bits per heavy atom. The lowest BCUT2D eigenvalue weighted by molar-refractivity contribution is -0.274. The van der Waals surface area contributed by atoms with Gasteiger partial charge < -0.3 is 15.8 Å². The fourth-order valence-electron chi connectivity index (χ4n) is 1.65. The van der Waals surface area contributed by atoms with Gasteiger partial charge in [0.05, 0.1) is 22.0 Å². The third-order valence-electron chi connectivity index (χ3n) is 2.78. The quantitative estimate of drug-likeness (QED) is 0.695. The van der Waals surface area contributed by atoms with E-state index in [4.69, 9.17) is 5.73 Å². The molecule has 0 aliphatic rings. The summed E-state index contributed by atoms with van der Waals surface area (Å²) in [5, 5.41) is 4.75. The fraction of sp³-hybridized carbons (Fsp3) is 0.214. The van der Waals surface area contributed by atoms with Crippen LogP contribution in [-0.2, 0) is 9.59 Å². The van der Waals surface area contributed by atoms with Crippen molar-refractivity contribution in [2.45, 2.75) is 19.3 Å². The average molecular weight is 374 g/mol. The van der Waals surface area contributed by atoms with Crippen LogP contribution in [0, 0.1) is 0 Å². The van der Waals surface area contributed by atoms with E-state index < -0.39 is 30.0 Å². The van der Waals surface area contributed by atoms with E-state index in [1.54, 1.807) is 0 Å². The van der Waals surface area contributed by atoms with Crippen LogP contribution in [0.15, 0.2) is 30.5 Å². The number of aromatic nitrogens is 1. The van der Waals surface area contributed by atoms with Crippen LogP contribution in [0.1, 0.15) is 6.92 Å². The van der Waals surface area contributed by atoms with Crippen LogP contribution in [0.4, 0.5) is 18.3 Å². The van der Waals surface area contributed by atoms with E-state index in [1.165, 1.54) is 13.0 Å². The first kappa shape index (κ1) is 18.7. The highest BCUT2D eigenvalue weighted by atomic mass is 32.1. The molecule has 0 aliphatic carbocycles. The molecule has 0 saturated carbocycles. The third-order valence-corrected chi connectivity index (χ3v) is 3.71. The molecular weight excluding hydrogens is 361 g/mol. The minimum absolute atomic E-state index is 0.125. The van der Waals surface area contributed by atoms with Gasteiger partial charge in [0.15, 0.2) is 5.13 Å². The minimum Gasteiger partial charge on any atom is -0.406 e. The van der Waals surface area contributed by atoms with Crippen LogP contribution in [0.25, 0.3) is 10.2 Å². The number of thiazole rings is 1. The minimum atomic E-state index is -4.80. The molecule has 0 radical (unpaired) electrons. The van der Waals surface area contributed by atoms with Crippen LogP contribution in [0.5, 0.6) is 5.75 Å². The second-order valence-corrected chi connectivity index (χ2v) is 5.94. The number of nitrogens with zero attached hydrogens (tertiary/aromatic N) is 1. The van der Waals surface area contributed by atoms with Gasteiger partial charge in [0.1, 0.15) is 5.75 Å². The molecule has 2 aromatic rings. The number of halogens is 3. The number of nitrogens with two attached hydrogens (primary N) is 1. The summed E-state index contributed by atoms with van der Waals surface area (Å²) in [6, 6.07) is 2.78. The number of fused-ring (bicyclic) bond motifs is 1. The number of hydrogen-bond donors (Lipinski definition) is 3. The first-order chi connectivity index (χ1) is 11.5. The number of carbonyl (C=O) groups excluding carboxylic acids is 2. The highest BCUT2D eigenvalue weighted by molar-refractivity contribution is 7.22. The van der Waals surface area contributed by atoms with Gasteiger partial charge in [-0.1, -0.05) is 17.9 Å². The molecule has 0 spiro atoms. The van der Waals surface area contributed by atoms with Gasteiger partial charge in [-0.25, -0.2) is 4.98 Å². The highest BCUT2D eigenvalue weighted by Gasteiger charge is 2.31. The summed E-state index contributed by atoms with van der Waals surface area (Å²) >= 11 is 0.939. The van der Waals surface area contributed by atoms with Crippen molar-refractivity contribution in [2.75, 3.05) is 5.32 Å². The first-order valence-corrected chi connectivity index (χ1v) is 7.60. The second-order valence-electron chi connectivity index (χ2n) is 4.91. The maximum absolute atomic E-state index is 12.2. The Morgan fingerprint density at radius 2 is 2.08 bits per heavy atom. The van der Waals surface area contributed by atoms with E-state index >= 15 is 0 Å². The predicted molar refractivity (Wildman–Crippen MR) is 85.9 cm³/mol. The Bertz CT molecular complexity index is 832. The summed E-state index contributed by atoms with van der Waals surface area (Å²) in [6.07, 6.45) is -4.80. The molecule has 134 valence electrons. The molecule has 1 aromatic heterocycles. The van der Waals surface area contributed by atoms with Gasteiger partial charge in [0.25, 0.3) is 5.91 Å². The van der Waals surface area contributed by atoms with Gasteiger partial charge >= 0.3 is 6.36 Å². The van der Waals surface area contributed by atoms with E-state index in [0.29, 0.717) is 10.2 Å². The molecule has 0 aliphatic heterocycles. The van der Waals surface area contributed by atoms with E-state index in [-0.39, 0.29) is 10.8 Å². The van der Waals surface area contributed by atoms with Crippen LogP contribution in [0.3, 0.4) is 0 Å². The summed E-state index contributed by atoms with van der Waals surface area (Å²) in [5.41, 5.74) is 5.50. The monoisotopic (exact) mass is 374 g/mol. The largest absolute Gasteiger partial charge is 0.573 e. The number of carbonyl (C=O) groups is 2. The lowest BCUT2D eigenvalue weighted by Crippen LogP contribution is -2.40. The molecule has 11 heteroatoms. The zero-order chi connectivity index (χ0) is 18.8. The van der Waals surface area contributed by atoms with Gasteiger partial charge in [-0.15, -0.1) is 13.2 Å². The van der Waals surface area contributed by atoms with E-state index in [2.05, 4.69) is 26.9 Å². The van der Waals surface area contributed by atoms with Gasteiger partial charge in [-0.3, -0.25) is 14.9 Å². The topological polar surface area (TPSA) is 106 Å². The zero-order valence-electron chi connectivity index (χ0n) is 12.8. The van der Waals surface area contributed by atoms with Crippen molar-refractivity contribution in [3.05, 3.63) is 30.5 Å². The number of nitrogens with one attached hydrogen (secondary N) is 2. The Labute approximate surface area is 143 Å². The average Bonchev–Trinajstić information content (AvgIpc) is 2.86. The maximum atomic E-state index is 12.2. The normalized spacial score (nSPS) is 12.5. The predicted octanol–water partition coefficient (Wildman–Crippen LogP) is 2.11. The van der Waals surface area contributed by atoms with Gasteiger partial charge in [-0.05, 0) is 19.1 Å². The Balaban J connectivity index is 2.10. The molecule has 2 amide bonds. The molecule has 1 atom stereocenters. The lowest BCUT2D eigenvalue weighted by atomic mass is 10.3. The molecule has 0 fully saturated rings. The first-order valence-electron chi connectivity index (χ1n) is 6.78. The second kappa shape index (κ2) is 7.07. The number of benzene rings is 1. The number of ether oxygens (including phenoxy) is 1. The molecule has 4 N–H and O–H groups in total. The van der Waals surface area contributed by atoms with Crippen LogP contribution >= 0.6 is 11.3 Å². The van der Waals surface area contributed by atoms with Crippen LogP contribution in [0.2, 0.25) is 0 Å². The number of amides is 2. The smallest absolute Gasteiger partial charge is 0.406 e. The van der Waals surface area contributed by atoms with E-state index in [0.717, 1.165) is 23.5 Å². The van der Waals surface area contributed by atoms with Crippen LogP contribution in [-0.4, -0.2) is 29.2 Å². The Kier molecular flexibility index (Phi) is 5.28. The highest BCUT2D eigenvalue weighted by Crippen LogP contribution is 2.31. The number of alkyl halides is 3. The van der Waals surface area contributed by atoms with E-state index in [1.807, 2.05) is 0 Å². The molecule has 25 heavy (non-hydrogen) atoms. The SMILES string of the molecule is C=C(NC(=O)[C@H](C)N)C(=O)Nc1nc2ccc(OC(F)(F)F)cc2s1. The molecular formula is C14H13F3N4O3S. The Morgan fingerprint density at radius 1 is 1.40 bits per heavy atom. The van der Waals surface area contributed by atoms with Crippen LogP contribution < -0.4 is 21.1 Å². The number of anilines is 1. The summed E-state index contributed by atoms with van der Waals surface area (Å²) in [4.78, 5) is 27.4. The van der Waals surface area contributed by atoms with Crippen molar-refractivity contribution in [1.82, 2.24) is 10.3 Å². The van der Waals surface area contributed by atoms with Crippen molar-refractivity contribution < 1.29 is 27.5 Å². The van der Waals surface area contributed by atoms with Crippen molar-refractivity contribution >= 4 is 38.5 Å². The summed E-state index contributed by atoms with van der Waals surface area (Å²) in [5.74, 6) is -1.70. The third kappa shape index (κ3) is 5.16. The Hall–Kier alpha value is -2.66. The fourth-order valence-corrected chi connectivity index (χ4v) is 2.54. The molecule has 0 bridgehead atoms. The van der Waals surface area contributed by atoms with Crippen molar-refractivity contribution in [3.8, 4) is 5.75 Å². The molecule has 2 rings (SSSR count). The molecule has 7 nitrogen and oxygen atoms in total. The van der Waals surface area contributed by atoms with Gasteiger partial charge in [-0.2, -0.15) is 0 Å². The lowest BCUT2D eigenvalue weighted by Gasteiger charge is -2.09. The summed E-state index contributed by atoms with van der Waals surface area (Å²) in [7, 11) is 0. The zero-order valence-corrected chi connectivity index (χ0v) is 13.6. The molecule has 0 unspecified atom stereocenters. The maximum Gasteiger partial charge on any atom is 0.573 e. The summed E-state index contributed by atoms with van der Waals surface area (Å²) < 4.78 is 40.9. The van der Waals surface area contributed by atoms with Crippen molar-refractivity contribution in [1.29, 1.82) is 0 Å². The van der Waals surface area contributed by atoms with E-state index in [9.17, 15) is 22.8 Å². The molecule has 0 saturated heterocycles. The number of rotatable bonds is 5. The summed E-state index contributed by atoms with van der Waals surface area (Å²) in [6.45, 7) is 4.85. The van der Waals surface area contributed by atoms with Gasteiger partial charge in [0, 0.05) is 6.07 Å². The van der Waals surface area contributed by atoms with Crippen molar-refractivity contribution in [3.63, 3.8) is 0 Å². The van der Waals surface area contributed by atoms with Crippen molar-refractivity contribution in [2.24, 2.45) is 5.73 Å². The molecule has 1 heterocycles.